The van der Waals surface area contributed by atoms with Crippen LogP contribution in [-0.2, 0) is 4.79 Å². The van der Waals surface area contributed by atoms with Crippen molar-refractivity contribution in [1.82, 2.24) is 10.3 Å². The lowest BCUT2D eigenvalue weighted by Crippen LogP contribution is -2.64. The van der Waals surface area contributed by atoms with Gasteiger partial charge in [-0.1, -0.05) is 12.5 Å². The lowest BCUT2D eigenvalue weighted by Gasteiger charge is -2.54. The first-order valence-electron chi connectivity index (χ1n) is 5.04. The minimum atomic E-state index is -0.0664. The fraction of sp³-hybridized carbons (Fsp3) is 0.455. The van der Waals surface area contributed by atoms with E-state index < -0.39 is 0 Å². The van der Waals surface area contributed by atoms with Gasteiger partial charge in [0.2, 0.25) is 5.91 Å². The van der Waals surface area contributed by atoms with E-state index in [2.05, 4.69) is 10.3 Å². The summed E-state index contributed by atoms with van der Waals surface area (Å²) >= 11 is 0. The Bertz CT molecular complexity index is 370. The first-order chi connectivity index (χ1) is 6.83. The van der Waals surface area contributed by atoms with E-state index in [1.807, 2.05) is 18.3 Å². The van der Waals surface area contributed by atoms with E-state index in [1.165, 1.54) is 6.42 Å². The molecule has 1 saturated carbocycles. The summed E-state index contributed by atoms with van der Waals surface area (Å²) in [7, 11) is 0. The highest BCUT2D eigenvalue weighted by Crippen LogP contribution is 2.55. The van der Waals surface area contributed by atoms with Crippen LogP contribution in [0.4, 0.5) is 0 Å². The van der Waals surface area contributed by atoms with Crippen molar-refractivity contribution >= 4 is 5.91 Å². The highest BCUT2D eigenvalue weighted by Gasteiger charge is 2.58. The van der Waals surface area contributed by atoms with E-state index in [1.54, 1.807) is 6.20 Å². The molecule has 1 aliphatic carbocycles. The Morgan fingerprint density at radius 1 is 1.50 bits per heavy atom. The summed E-state index contributed by atoms with van der Waals surface area (Å²) < 4.78 is 0. The number of amides is 1. The second kappa shape index (κ2) is 2.56. The zero-order valence-electron chi connectivity index (χ0n) is 7.86. The maximum absolute atomic E-state index is 11.5. The summed E-state index contributed by atoms with van der Waals surface area (Å²) in [5.74, 6) is 0.234. The molecule has 1 spiro atoms. The van der Waals surface area contributed by atoms with Gasteiger partial charge in [0.15, 0.2) is 0 Å². The van der Waals surface area contributed by atoms with Gasteiger partial charge in [0, 0.05) is 12.4 Å². The fourth-order valence-corrected chi connectivity index (χ4v) is 2.49. The SMILES string of the molecule is O=C1NC(c2cccnc2)C12CCC2. The van der Waals surface area contributed by atoms with Gasteiger partial charge in [0.05, 0.1) is 11.5 Å². The maximum Gasteiger partial charge on any atom is 0.229 e. The Labute approximate surface area is 82.5 Å². The number of nitrogens with one attached hydrogen (secondary N) is 1. The predicted molar refractivity (Wildman–Crippen MR) is 51.4 cm³/mol. The highest BCUT2D eigenvalue weighted by atomic mass is 16.2. The van der Waals surface area contributed by atoms with E-state index in [0.29, 0.717) is 0 Å². The van der Waals surface area contributed by atoms with Gasteiger partial charge >= 0.3 is 0 Å². The third-order valence-electron chi connectivity index (χ3n) is 3.54. The lowest BCUT2D eigenvalue weighted by atomic mass is 9.57. The fourth-order valence-electron chi connectivity index (χ4n) is 2.49. The topological polar surface area (TPSA) is 42.0 Å². The Kier molecular flexibility index (Phi) is 1.46. The molecule has 0 bridgehead atoms. The average molecular weight is 188 g/mol. The summed E-state index contributed by atoms with van der Waals surface area (Å²) in [4.78, 5) is 15.6. The zero-order chi connectivity index (χ0) is 9.60. The molecule has 1 N–H and O–H groups in total. The summed E-state index contributed by atoms with van der Waals surface area (Å²) in [5.41, 5.74) is 1.08. The first-order valence-corrected chi connectivity index (χ1v) is 5.04. The molecule has 3 nitrogen and oxygen atoms in total. The van der Waals surface area contributed by atoms with E-state index in [0.717, 1.165) is 18.4 Å². The van der Waals surface area contributed by atoms with Crippen LogP contribution >= 0.6 is 0 Å². The number of rotatable bonds is 1. The van der Waals surface area contributed by atoms with Crippen LogP contribution in [0.3, 0.4) is 0 Å². The molecular formula is C11H12N2O. The largest absolute Gasteiger partial charge is 0.348 e. The molecule has 3 rings (SSSR count). The number of nitrogens with zero attached hydrogens (tertiary/aromatic N) is 1. The Morgan fingerprint density at radius 3 is 2.86 bits per heavy atom. The summed E-state index contributed by atoms with van der Waals surface area (Å²) in [6, 6.07) is 4.18. The molecule has 1 amide bonds. The van der Waals surface area contributed by atoms with Gasteiger partial charge in [-0.3, -0.25) is 9.78 Å². The molecule has 0 aromatic carbocycles. The quantitative estimate of drug-likeness (QED) is 0.677. The smallest absolute Gasteiger partial charge is 0.229 e. The van der Waals surface area contributed by atoms with Crippen molar-refractivity contribution in [3.05, 3.63) is 30.1 Å². The van der Waals surface area contributed by atoms with E-state index in [-0.39, 0.29) is 17.4 Å². The van der Waals surface area contributed by atoms with Crippen molar-refractivity contribution in [1.29, 1.82) is 0 Å². The van der Waals surface area contributed by atoms with Crippen LogP contribution in [0, 0.1) is 5.41 Å². The summed E-state index contributed by atoms with van der Waals surface area (Å²) in [6.07, 6.45) is 6.88. The van der Waals surface area contributed by atoms with Crippen LogP contribution < -0.4 is 5.32 Å². The molecule has 1 aromatic rings. The Hall–Kier alpha value is -1.38. The van der Waals surface area contributed by atoms with Gasteiger partial charge in [-0.25, -0.2) is 0 Å². The van der Waals surface area contributed by atoms with Crippen LogP contribution in [0.1, 0.15) is 30.9 Å². The van der Waals surface area contributed by atoms with Crippen molar-refractivity contribution in [2.75, 3.05) is 0 Å². The van der Waals surface area contributed by atoms with Gasteiger partial charge < -0.3 is 5.32 Å². The van der Waals surface area contributed by atoms with Crippen molar-refractivity contribution in [2.24, 2.45) is 5.41 Å². The molecular weight excluding hydrogens is 176 g/mol. The van der Waals surface area contributed by atoms with Crippen LogP contribution in [0.2, 0.25) is 0 Å². The molecule has 72 valence electrons. The number of hydrogen-bond donors (Lipinski definition) is 1. The number of carbonyl (C=O) groups is 1. The molecule has 3 heteroatoms. The van der Waals surface area contributed by atoms with Crippen molar-refractivity contribution < 1.29 is 4.79 Å². The maximum atomic E-state index is 11.5. The standard InChI is InChI=1S/C11H12N2O/c14-10-11(4-2-5-11)9(13-10)8-3-1-6-12-7-8/h1,3,6-7,9H,2,4-5H2,(H,13,14). The predicted octanol–water partition coefficient (Wildman–Crippen LogP) is 1.42. The Morgan fingerprint density at radius 2 is 2.36 bits per heavy atom. The zero-order valence-corrected chi connectivity index (χ0v) is 7.86. The van der Waals surface area contributed by atoms with Crippen molar-refractivity contribution in [3.8, 4) is 0 Å². The molecule has 14 heavy (non-hydrogen) atoms. The lowest BCUT2D eigenvalue weighted by molar-refractivity contribution is -0.155. The average Bonchev–Trinajstić information content (AvgIpc) is 2.13. The van der Waals surface area contributed by atoms with Crippen molar-refractivity contribution in [2.45, 2.75) is 25.3 Å². The monoisotopic (exact) mass is 188 g/mol. The van der Waals surface area contributed by atoms with Crippen LogP contribution in [0.15, 0.2) is 24.5 Å². The van der Waals surface area contributed by atoms with Crippen LogP contribution in [0.25, 0.3) is 0 Å². The van der Waals surface area contributed by atoms with Gasteiger partial charge in [0.25, 0.3) is 0 Å². The summed E-state index contributed by atoms with van der Waals surface area (Å²) in [5, 5.41) is 2.97. The van der Waals surface area contributed by atoms with Gasteiger partial charge in [-0.05, 0) is 24.5 Å². The van der Waals surface area contributed by atoms with Gasteiger partial charge in [-0.2, -0.15) is 0 Å². The number of β-lactam (4-membered cyclic amide) rings is 1. The molecule has 1 saturated heterocycles. The molecule has 1 unspecified atom stereocenters. The van der Waals surface area contributed by atoms with Gasteiger partial charge in [0.1, 0.15) is 0 Å². The number of carbonyl (C=O) groups excluding carboxylic acids is 1. The Balaban J connectivity index is 1.91. The van der Waals surface area contributed by atoms with Gasteiger partial charge in [-0.15, -0.1) is 0 Å². The van der Waals surface area contributed by atoms with E-state index >= 15 is 0 Å². The minimum absolute atomic E-state index is 0.0664. The number of hydrogen-bond acceptors (Lipinski definition) is 2. The summed E-state index contributed by atoms with van der Waals surface area (Å²) in [6.45, 7) is 0. The number of pyridine rings is 1. The molecule has 2 aliphatic rings. The molecule has 2 fully saturated rings. The number of aromatic nitrogens is 1. The second-order valence-corrected chi connectivity index (χ2v) is 4.20. The van der Waals surface area contributed by atoms with Crippen LogP contribution in [0.5, 0.6) is 0 Å². The van der Waals surface area contributed by atoms with Crippen LogP contribution in [-0.4, -0.2) is 10.9 Å². The molecule has 0 radical (unpaired) electrons. The first kappa shape index (κ1) is 7.97. The molecule has 2 heterocycles. The second-order valence-electron chi connectivity index (χ2n) is 4.20. The van der Waals surface area contributed by atoms with E-state index in [4.69, 9.17) is 0 Å². The molecule has 1 aliphatic heterocycles. The van der Waals surface area contributed by atoms with Crippen molar-refractivity contribution in [3.63, 3.8) is 0 Å². The molecule has 1 atom stereocenters. The highest BCUT2D eigenvalue weighted by molar-refractivity contribution is 5.91. The molecule has 1 aromatic heterocycles. The normalized spacial score (nSPS) is 27.7. The third kappa shape index (κ3) is 0.820. The minimum Gasteiger partial charge on any atom is -0.348 e. The van der Waals surface area contributed by atoms with E-state index in [9.17, 15) is 4.79 Å². The third-order valence-corrected chi connectivity index (χ3v) is 3.54.